The van der Waals surface area contributed by atoms with Crippen LogP contribution in [0.25, 0.3) is 0 Å². The van der Waals surface area contributed by atoms with E-state index in [9.17, 15) is 9.59 Å². The summed E-state index contributed by atoms with van der Waals surface area (Å²) in [4.78, 5) is 24.4. The zero-order valence-corrected chi connectivity index (χ0v) is 16.9. The van der Waals surface area contributed by atoms with E-state index in [-0.39, 0.29) is 11.7 Å². The molecule has 6 nitrogen and oxygen atoms in total. The molecule has 1 N–H and O–H groups in total. The number of ether oxygens (including phenoxy) is 2. The molecular weight excluding hydrogens is 404 g/mol. The van der Waals surface area contributed by atoms with E-state index in [1.165, 1.54) is 6.21 Å². The molecule has 0 aliphatic carbocycles. The lowest BCUT2D eigenvalue weighted by molar-refractivity contribution is 0.0728. The Labute approximate surface area is 179 Å². The summed E-state index contributed by atoms with van der Waals surface area (Å²) in [5, 5.41) is 4.50. The predicted octanol–water partition coefficient (Wildman–Crippen LogP) is 4.72. The van der Waals surface area contributed by atoms with Gasteiger partial charge in [-0.1, -0.05) is 29.8 Å². The lowest BCUT2D eigenvalue weighted by atomic mass is 10.2. The number of hydrogen-bond acceptors (Lipinski definition) is 5. The fourth-order valence-corrected chi connectivity index (χ4v) is 2.65. The molecule has 0 spiro atoms. The van der Waals surface area contributed by atoms with Crippen molar-refractivity contribution in [2.45, 2.75) is 6.92 Å². The second-order valence-corrected chi connectivity index (χ2v) is 6.54. The second-order valence-electron chi connectivity index (χ2n) is 6.10. The van der Waals surface area contributed by atoms with Crippen molar-refractivity contribution in [3.05, 3.63) is 94.5 Å². The van der Waals surface area contributed by atoms with Gasteiger partial charge in [0.05, 0.1) is 18.4 Å². The quantitative estimate of drug-likeness (QED) is 0.258. The van der Waals surface area contributed by atoms with Crippen molar-refractivity contribution >= 4 is 29.7 Å². The topological polar surface area (TPSA) is 77.0 Å². The first-order chi connectivity index (χ1) is 14.6. The lowest BCUT2D eigenvalue weighted by Crippen LogP contribution is -2.17. The van der Waals surface area contributed by atoms with Gasteiger partial charge in [0, 0.05) is 10.6 Å². The Bertz CT molecular complexity index is 1050. The van der Waals surface area contributed by atoms with E-state index in [2.05, 4.69) is 10.5 Å². The van der Waals surface area contributed by atoms with Crippen LogP contribution in [0.4, 0.5) is 0 Å². The van der Waals surface area contributed by atoms with Crippen LogP contribution in [0.1, 0.15) is 33.2 Å². The van der Waals surface area contributed by atoms with Crippen LogP contribution in [0.3, 0.4) is 0 Å². The van der Waals surface area contributed by atoms with Crippen LogP contribution in [0, 0.1) is 0 Å². The number of hydrazone groups is 1. The SMILES string of the molecule is CCOc1cc(C=NNC(=O)c2ccccc2)ccc1OC(=O)c1ccc(Cl)cc1. The molecule has 0 heterocycles. The van der Waals surface area contributed by atoms with Crippen LogP contribution in [0.15, 0.2) is 77.9 Å². The van der Waals surface area contributed by atoms with E-state index < -0.39 is 5.97 Å². The molecule has 0 atom stereocenters. The molecule has 0 unspecified atom stereocenters. The summed E-state index contributed by atoms with van der Waals surface area (Å²) >= 11 is 5.85. The van der Waals surface area contributed by atoms with Crippen molar-refractivity contribution in [2.24, 2.45) is 5.10 Å². The summed E-state index contributed by atoms with van der Waals surface area (Å²) < 4.78 is 11.0. The molecule has 30 heavy (non-hydrogen) atoms. The highest BCUT2D eigenvalue weighted by Gasteiger charge is 2.13. The van der Waals surface area contributed by atoms with Crippen molar-refractivity contribution in [2.75, 3.05) is 6.61 Å². The predicted molar refractivity (Wildman–Crippen MR) is 116 cm³/mol. The Hall–Kier alpha value is -3.64. The second kappa shape index (κ2) is 10.2. The minimum atomic E-state index is -0.524. The average Bonchev–Trinajstić information content (AvgIpc) is 2.76. The lowest BCUT2D eigenvalue weighted by Gasteiger charge is -2.11. The summed E-state index contributed by atoms with van der Waals surface area (Å²) in [5.74, 6) is -0.171. The third-order valence-electron chi connectivity index (χ3n) is 3.97. The first-order valence-corrected chi connectivity index (χ1v) is 9.57. The summed E-state index contributed by atoms with van der Waals surface area (Å²) in [6, 6.07) is 20.2. The van der Waals surface area contributed by atoms with Gasteiger partial charge in [-0.3, -0.25) is 4.79 Å². The molecule has 0 fully saturated rings. The van der Waals surface area contributed by atoms with Crippen LogP contribution in [-0.4, -0.2) is 24.7 Å². The van der Waals surface area contributed by atoms with E-state index in [4.69, 9.17) is 21.1 Å². The Balaban J connectivity index is 1.70. The molecule has 3 rings (SSSR count). The van der Waals surface area contributed by atoms with Crippen molar-refractivity contribution in [3.8, 4) is 11.5 Å². The zero-order valence-electron chi connectivity index (χ0n) is 16.2. The Morgan fingerprint density at radius 1 is 0.967 bits per heavy atom. The maximum atomic E-state index is 12.4. The van der Waals surface area contributed by atoms with Crippen LogP contribution in [0.5, 0.6) is 11.5 Å². The van der Waals surface area contributed by atoms with Crippen LogP contribution >= 0.6 is 11.6 Å². The van der Waals surface area contributed by atoms with Gasteiger partial charge in [-0.05, 0) is 67.1 Å². The third kappa shape index (κ3) is 5.68. The van der Waals surface area contributed by atoms with Crippen molar-refractivity contribution < 1.29 is 19.1 Å². The smallest absolute Gasteiger partial charge is 0.343 e. The fourth-order valence-electron chi connectivity index (χ4n) is 2.52. The van der Waals surface area contributed by atoms with Crippen molar-refractivity contribution in [3.63, 3.8) is 0 Å². The molecule has 7 heteroatoms. The molecular formula is C23H19ClN2O4. The molecule has 3 aromatic rings. The number of carbonyl (C=O) groups is 2. The standard InChI is InChI=1S/C23H19ClN2O4/c1-2-29-21-14-16(15-25-26-22(27)17-6-4-3-5-7-17)8-13-20(21)30-23(28)18-9-11-19(24)12-10-18/h3-15H,2H2,1H3,(H,26,27). The van der Waals surface area contributed by atoms with E-state index in [1.54, 1.807) is 66.7 Å². The van der Waals surface area contributed by atoms with Gasteiger partial charge in [-0.2, -0.15) is 5.10 Å². The largest absolute Gasteiger partial charge is 0.490 e. The molecule has 0 aromatic heterocycles. The van der Waals surface area contributed by atoms with E-state index in [1.807, 2.05) is 13.0 Å². The fraction of sp³-hybridized carbons (Fsp3) is 0.0870. The van der Waals surface area contributed by atoms with Gasteiger partial charge in [0.1, 0.15) is 0 Å². The number of amides is 1. The monoisotopic (exact) mass is 422 g/mol. The van der Waals surface area contributed by atoms with Gasteiger partial charge >= 0.3 is 5.97 Å². The molecule has 0 saturated heterocycles. The van der Waals surface area contributed by atoms with Gasteiger partial charge in [0.2, 0.25) is 0 Å². The zero-order chi connectivity index (χ0) is 21.3. The Morgan fingerprint density at radius 3 is 2.40 bits per heavy atom. The highest BCUT2D eigenvalue weighted by molar-refractivity contribution is 6.30. The number of benzene rings is 3. The van der Waals surface area contributed by atoms with Gasteiger partial charge in [0.15, 0.2) is 11.5 Å². The first kappa shape index (κ1) is 21.1. The van der Waals surface area contributed by atoms with Gasteiger partial charge in [-0.15, -0.1) is 0 Å². The number of nitrogens with zero attached hydrogens (tertiary/aromatic N) is 1. The highest BCUT2D eigenvalue weighted by Crippen LogP contribution is 2.29. The van der Waals surface area contributed by atoms with E-state index in [0.29, 0.717) is 34.1 Å². The first-order valence-electron chi connectivity index (χ1n) is 9.20. The minimum Gasteiger partial charge on any atom is -0.490 e. The van der Waals surface area contributed by atoms with Gasteiger partial charge < -0.3 is 9.47 Å². The van der Waals surface area contributed by atoms with E-state index in [0.717, 1.165) is 0 Å². The van der Waals surface area contributed by atoms with Gasteiger partial charge in [0.25, 0.3) is 5.91 Å². The Morgan fingerprint density at radius 2 is 1.70 bits per heavy atom. The molecule has 0 saturated carbocycles. The van der Waals surface area contributed by atoms with Crippen LogP contribution in [0.2, 0.25) is 5.02 Å². The van der Waals surface area contributed by atoms with Crippen LogP contribution < -0.4 is 14.9 Å². The summed E-state index contributed by atoms with van der Waals surface area (Å²) in [7, 11) is 0. The number of halogens is 1. The highest BCUT2D eigenvalue weighted by atomic mass is 35.5. The summed E-state index contributed by atoms with van der Waals surface area (Å²) in [6.45, 7) is 2.21. The number of carbonyl (C=O) groups excluding carboxylic acids is 2. The molecule has 0 aliphatic heterocycles. The number of rotatable bonds is 7. The Kier molecular flexibility index (Phi) is 7.19. The number of esters is 1. The molecule has 0 bridgehead atoms. The molecule has 3 aromatic carbocycles. The van der Waals surface area contributed by atoms with Crippen LogP contribution in [-0.2, 0) is 0 Å². The molecule has 152 valence electrons. The third-order valence-corrected chi connectivity index (χ3v) is 4.22. The number of nitrogens with one attached hydrogen (secondary N) is 1. The van der Waals surface area contributed by atoms with Crippen molar-refractivity contribution in [1.82, 2.24) is 5.43 Å². The van der Waals surface area contributed by atoms with E-state index >= 15 is 0 Å². The summed E-state index contributed by atoms with van der Waals surface area (Å²) in [5.41, 5.74) is 4.01. The normalized spacial score (nSPS) is 10.6. The maximum absolute atomic E-state index is 12.4. The molecule has 1 amide bonds. The minimum absolute atomic E-state index is 0.280. The van der Waals surface area contributed by atoms with Crippen molar-refractivity contribution in [1.29, 1.82) is 0 Å². The summed E-state index contributed by atoms with van der Waals surface area (Å²) in [6.07, 6.45) is 1.48. The van der Waals surface area contributed by atoms with Gasteiger partial charge in [-0.25, -0.2) is 10.2 Å². The maximum Gasteiger partial charge on any atom is 0.343 e. The molecule has 0 radical (unpaired) electrons. The number of hydrogen-bond donors (Lipinski definition) is 1. The molecule has 0 aliphatic rings. The average molecular weight is 423 g/mol.